The second kappa shape index (κ2) is 9.17. The zero-order chi connectivity index (χ0) is 16.2. The molecule has 2 rings (SSSR count). The highest BCUT2D eigenvalue weighted by molar-refractivity contribution is 7.88. The summed E-state index contributed by atoms with van der Waals surface area (Å²) in [7, 11) is -3.21. The van der Waals surface area contributed by atoms with Gasteiger partial charge in [0.25, 0.3) is 0 Å². The van der Waals surface area contributed by atoms with Crippen LogP contribution in [0.3, 0.4) is 0 Å². The molecule has 0 bridgehead atoms. The molecule has 1 aliphatic carbocycles. The average Bonchev–Trinajstić information content (AvgIpc) is 2.90. The highest BCUT2D eigenvalue weighted by Crippen LogP contribution is 2.25. The molecule has 0 spiro atoms. The summed E-state index contributed by atoms with van der Waals surface area (Å²) in [5.74, 6) is 0.166. The lowest BCUT2D eigenvalue weighted by atomic mass is 9.91. The highest BCUT2D eigenvalue weighted by atomic mass is 35.5. The van der Waals surface area contributed by atoms with Gasteiger partial charge in [-0.2, -0.15) is 0 Å². The van der Waals surface area contributed by atoms with Gasteiger partial charge >= 0.3 is 0 Å². The predicted octanol–water partition coefficient (Wildman–Crippen LogP) is -0.00380. The molecule has 1 saturated heterocycles. The molecule has 0 radical (unpaired) electrons. The van der Waals surface area contributed by atoms with Crippen molar-refractivity contribution in [3.05, 3.63) is 0 Å². The van der Waals surface area contributed by atoms with Crippen LogP contribution < -0.4 is 15.8 Å². The summed E-state index contributed by atoms with van der Waals surface area (Å²) in [6.45, 7) is 1.80. The maximum atomic E-state index is 12.2. The van der Waals surface area contributed by atoms with Crippen molar-refractivity contribution in [2.45, 2.75) is 44.2 Å². The van der Waals surface area contributed by atoms with Crippen molar-refractivity contribution in [3.63, 3.8) is 0 Å². The minimum absolute atomic E-state index is 0. The van der Waals surface area contributed by atoms with Crippen LogP contribution in [0.15, 0.2) is 0 Å². The van der Waals surface area contributed by atoms with E-state index in [0.29, 0.717) is 19.8 Å². The van der Waals surface area contributed by atoms with E-state index in [1.165, 1.54) is 6.26 Å². The first-order chi connectivity index (χ1) is 10.4. The number of ether oxygens (including phenoxy) is 1. The van der Waals surface area contributed by atoms with Crippen molar-refractivity contribution in [2.24, 2.45) is 17.6 Å². The summed E-state index contributed by atoms with van der Waals surface area (Å²) in [5.41, 5.74) is 6.03. The third-order valence-electron chi connectivity index (χ3n) is 4.64. The van der Waals surface area contributed by atoms with Gasteiger partial charge < -0.3 is 15.8 Å². The smallest absolute Gasteiger partial charge is 0.237 e. The first kappa shape index (κ1) is 20.6. The lowest BCUT2D eigenvalue weighted by molar-refractivity contribution is -0.124. The minimum atomic E-state index is -3.21. The van der Waals surface area contributed by atoms with E-state index in [9.17, 15) is 13.2 Å². The second-order valence-electron chi connectivity index (χ2n) is 6.41. The maximum absolute atomic E-state index is 12.2. The van der Waals surface area contributed by atoms with Gasteiger partial charge in [0.15, 0.2) is 0 Å². The molecule has 4 N–H and O–H groups in total. The van der Waals surface area contributed by atoms with Crippen LogP contribution >= 0.6 is 12.4 Å². The van der Waals surface area contributed by atoms with Gasteiger partial charge in [0, 0.05) is 25.8 Å². The summed E-state index contributed by atoms with van der Waals surface area (Å²) in [5, 5.41) is 2.90. The molecule has 7 nitrogen and oxygen atoms in total. The van der Waals surface area contributed by atoms with Crippen molar-refractivity contribution >= 4 is 28.3 Å². The standard InChI is InChI=1S/C14H27N3O4S.ClH/c1-22(19,20)17-12-4-2-3-11(12)9-16-14(18)13(15)10-5-7-21-8-6-10;/h10-13,17H,2-9,15H2,1H3,(H,16,18);1H. The number of nitrogens with one attached hydrogen (secondary N) is 2. The number of nitrogens with two attached hydrogens (primary N) is 1. The largest absolute Gasteiger partial charge is 0.381 e. The molecule has 1 amide bonds. The fourth-order valence-electron chi connectivity index (χ4n) is 3.35. The lowest BCUT2D eigenvalue weighted by Crippen LogP contribution is -2.49. The van der Waals surface area contributed by atoms with Crippen molar-refractivity contribution in [3.8, 4) is 0 Å². The van der Waals surface area contributed by atoms with E-state index in [2.05, 4.69) is 10.0 Å². The van der Waals surface area contributed by atoms with Gasteiger partial charge in [0.2, 0.25) is 15.9 Å². The Kier molecular flexibility index (Phi) is 8.23. The number of halogens is 1. The number of carbonyl (C=O) groups excluding carboxylic acids is 1. The van der Waals surface area contributed by atoms with E-state index in [4.69, 9.17) is 10.5 Å². The molecule has 9 heteroatoms. The molecule has 23 heavy (non-hydrogen) atoms. The van der Waals surface area contributed by atoms with E-state index in [1.54, 1.807) is 0 Å². The van der Waals surface area contributed by atoms with Crippen LogP contribution in [-0.2, 0) is 19.6 Å². The number of carbonyl (C=O) groups is 1. The molecule has 3 atom stereocenters. The molecule has 0 aromatic carbocycles. The zero-order valence-electron chi connectivity index (χ0n) is 13.5. The maximum Gasteiger partial charge on any atom is 0.237 e. The number of sulfonamides is 1. The molecule has 3 unspecified atom stereocenters. The Labute approximate surface area is 144 Å². The molecule has 0 aromatic rings. The molecular weight excluding hydrogens is 342 g/mol. The van der Waals surface area contributed by atoms with Gasteiger partial charge in [-0.05, 0) is 37.5 Å². The van der Waals surface area contributed by atoms with Crippen LogP contribution in [0.4, 0.5) is 0 Å². The van der Waals surface area contributed by atoms with Gasteiger partial charge in [-0.1, -0.05) is 6.42 Å². The molecule has 136 valence electrons. The van der Waals surface area contributed by atoms with E-state index in [-0.39, 0.29) is 36.2 Å². The predicted molar refractivity (Wildman–Crippen MR) is 90.9 cm³/mol. The topological polar surface area (TPSA) is 111 Å². The minimum Gasteiger partial charge on any atom is -0.381 e. The van der Waals surface area contributed by atoms with Gasteiger partial charge in [0.05, 0.1) is 12.3 Å². The van der Waals surface area contributed by atoms with Gasteiger partial charge in [-0.15, -0.1) is 12.4 Å². The Morgan fingerprint density at radius 3 is 2.52 bits per heavy atom. The Morgan fingerprint density at radius 1 is 1.26 bits per heavy atom. The van der Waals surface area contributed by atoms with Crippen LogP contribution in [-0.4, -0.2) is 52.4 Å². The summed E-state index contributed by atoms with van der Waals surface area (Å²) >= 11 is 0. The summed E-state index contributed by atoms with van der Waals surface area (Å²) < 4.78 is 30.6. The molecule has 1 heterocycles. The van der Waals surface area contributed by atoms with Gasteiger partial charge in [-0.3, -0.25) is 4.79 Å². The monoisotopic (exact) mass is 369 g/mol. The SMILES string of the molecule is CS(=O)(=O)NC1CCCC1CNC(=O)C(N)C1CCOCC1.Cl. The van der Waals surface area contributed by atoms with Crippen LogP contribution in [0.25, 0.3) is 0 Å². The fraction of sp³-hybridized carbons (Fsp3) is 0.929. The van der Waals surface area contributed by atoms with Gasteiger partial charge in [0.1, 0.15) is 0 Å². The molecule has 0 aromatic heterocycles. The Morgan fingerprint density at radius 2 is 1.91 bits per heavy atom. The van der Waals surface area contributed by atoms with Crippen molar-refractivity contribution in [1.29, 1.82) is 0 Å². The number of rotatable bonds is 6. The van der Waals surface area contributed by atoms with E-state index in [0.717, 1.165) is 32.1 Å². The summed E-state index contributed by atoms with van der Waals surface area (Å²) in [6.07, 6.45) is 5.51. The lowest BCUT2D eigenvalue weighted by Gasteiger charge is -2.27. The van der Waals surface area contributed by atoms with Crippen LogP contribution in [0.1, 0.15) is 32.1 Å². The highest BCUT2D eigenvalue weighted by Gasteiger charge is 2.31. The first-order valence-corrected chi connectivity index (χ1v) is 9.84. The van der Waals surface area contributed by atoms with Crippen LogP contribution in [0.5, 0.6) is 0 Å². The van der Waals surface area contributed by atoms with Crippen molar-refractivity contribution < 1.29 is 17.9 Å². The van der Waals surface area contributed by atoms with Crippen molar-refractivity contribution in [1.82, 2.24) is 10.0 Å². The summed E-state index contributed by atoms with van der Waals surface area (Å²) in [4.78, 5) is 12.2. The van der Waals surface area contributed by atoms with E-state index < -0.39 is 16.1 Å². The number of hydrogen-bond donors (Lipinski definition) is 3. The average molecular weight is 370 g/mol. The quantitative estimate of drug-likeness (QED) is 0.610. The Bertz CT molecular complexity index is 482. The third kappa shape index (κ3) is 6.54. The molecule has 2 fully saturated rings. The van der Waals surface area contributed by atoms with Crippen LogP contribution in [0, 0.1) is 11.8 Å². The molecule has 2 aliphatic rings. The Balaban J connectivity index is 0.00000264. The zero-order valence-corrected chi connectivity index (χ0v) is 15.1. The normalized spacial score (nSPS) is 27.2. The van der Waals surface area contributed by atoms with Crippen molar-refractivity contribution in [2.75, 3.05) is 26.0 Å². The number of hydrogen-bond acceptors (Lipinski definition) is 5. The van der Waals surface area contributed by atoms with Crippen LogP contribution in [0.2, 0.25) is 0 Å². The first-order valence-electron chi connectivity index (χ1n) is 7.95. The van der Waals surface area contributed by atoms with Gasteiger partial charge in [-0.25, -0.2) is 13.1 Å². The van der Waals surface area contributed by atoms with E-state index >= 15 is 0 Å². The summed E-state index contributed by atoms with van der Waals surface area (Å²) in [6, 6.07) is -0.596. The number of amides is 1. The molecular formula is C14H28ClN3O4S. The van der Waals surface area contributed by atoms with E-state index in [1.807, 2.05) is 0 Å². The second-order valence-corrected chi connectivity index (χ2v) is 8.19. The fourth-order valence-corrected chi connectivity index (χ4v) is 4.21. The third-order valence-corrected chi connectivity index (χ3v) is 5.37. The Hall–Kier alpha value is -0.410. The molecule has 1 saturated carbocycles. The molecule has 1 aliphatic heterocycles.